The maximum atomic E-state index is 13.2. The van der Waals surface area contributed by atoms with Crippen LogP contribution in [0.5, 0.6) is 0 Å². The van der Waals surface area contributed by atoms with Crippen molar-refractivity contribution in [2.75, 3.05) is 6.61 Å². The van der Waals surface area contributed by atoms with Crippen LogP contribution in [0.2, 0.25) is 0 Å². The lowest BCUT2D eigenvalue weighted by molar-refractivity contribution is -0.384. The number of nitro benzene ring substituents is 1. The quantitative estimate of drug-likeness (QED) is 0.169. The Kier molecular flexibility index (Phi) is 6.98. The lowest BCUT2D eigenvalue weighted by Crippen LogP contribution is -2.30. The normalized spacial score (nSPS) is 11.8. The molecule has 182 valence electrons. The van der Waals surface area contributed by atoms with Crippen LogP contribution in [0.15, 0.2) is 64.5 Å². The summed E-state index contributed by atoms with van der Waals surface area (Å²) >= 11 is 0. The minimum atomic E-state index is -0.765. The van der Waals surface area contributed by atoms with Gasteiger partial charge in [-0.1, -0.05) is 12.1 Å². The van der Waals surface area contributed by atoms with Crippen molar-refractivity contribution in [3.05, 3.63) is 91.8 Å². The molecule has 3 heterocycles. The molecule has 1 aromatic carbocycles. The summed E-state index contributed by atoms with van der Waals surface area (Å²) in [4.78, 5) is 45.5. The van der Waals surface area contributed by atoms with E-state index in [2.05, 4.69) is 9.98 Å². The summed E-state index contributed by atoms with van der Waals surface area (Å²) in [5.74, 6) is -0.765. The molecule has 0 saturated heterocycles. The van der Waals surface area contributed by atoms with E-state index in [4.69, 9.17) is 4.74 Å². The number of carbonyl (C=O) groups is 1. The van der Waals surface area contributed by atoms with E-state index in [-0.39, 0.29) is 51.5 Å². The number of hydrogen-bond acceptors (Lipinski definition) is 7. The van der Waals surface area contributed by atoms with Crippen LogP contribution in [-0.2, 0) is 11.3 Å². The summed E-state index contributed by atoms with van der Waals surface area (Å²) < 4.78 is 8.56. The highest BCUT2D eigenvalue weighted by molar-refractivity contribution is 5.95. The van der Waals surface area contributed by atoms with Crippen LogP contribution >= 0.6 is 0 Å². The fraction of sp³-hybridized carbons (Fsp3) is 0.240. The number of carbonyl (C=O) groups excluding carboxylic acids is 1. The molecule has 11 heteroatoms. The molecule has 0 bridgehead atoms. The number of fused-ring (bicyclic) bond motifs is 2. The van der Waals surface area contributed by atoms with E-state index in [9.17, 15) is 25.0 Å². The fourth-order valence-corrected chi connectivity index (χ4v) is 3.75. The van der Waals surface area contributed by atoms with Crippen LogP contribution in [0, 0.1) is 21.4 Å². The van der Waals surface area contributed by atoms with E-state index in [1.54, 1.807) is 29.0 Å². The Balaban J connectivity index is 1.96. The minimum Gasteiger partial charge on any atom is -0.379 e. The van der Waals surface area contributed by atoms with Crippen molar-refractivity contribution in [2.45, 2.75) is 32.9 Å². The fourth-order valence-electron chi connectivity index (χ4n) is 3.75. The number of amides is 1. The molecular weight excluding hydrogens is 464 g/mol. The van der Waals surface area contributed by atoms with Crippen molar-refractivity contribution >= 4 is 28.3 Å². The molecule has 0 N–H and O–H groups in total. The van der Waals surface area contributed by atoms with Gasteiger partial charge in [-0.15, -0.1) is 0 Å². The van der Waals surface area contributed by atoms with E-state index < -0.39 is 10.8 Å². The number of nitriles is 1. The van der Waals surface area contributed by atoms with Crippen molar-refractivity contribution < 1.29 is 14.5 Å². The van der Waals surface area contributed by atoms with Crippen LogP contribution < -0.4 is 11.0 Å². The van der Waals surface area contributed by atoms with Crippen LogP contribution in [0.25, 0.3) is 16.7 Å². The summed E-state index contributed by atoms with van der Waals surface area (Å²) in [6.07, 6.45) is 2.10. The number of nitrogens with zero attached hydrogens (tertiary/aromatic N) is 6. The van der Waals surface area contributed by atoms with E-state index in [1.165, 1.54) is 28.7 Å². The summed E-state index contributed by atoms with van der Waals surface area (Å²) in [6.45, 7) is 4.47. The zero-order valence-corrected chi connectivity index (χ0v) is 19.6. The number of hydrogen-bond donors (Lipinski definition) is 0. The van der Waals surface area contributed by atoms with Gasteiger partial charge in [0.2, 0.25) is 0 Å². The molecule has 3 aromatic heterocycles. The van der Waals surface area contributed by atoms with Crippen LogP contribution in [0.3, 0.4) is 0 Å². The Morgan fingerprint density at radius 3 is 2.78 bits per heavy atom. The van der Waals surface area contributed by atoms with Gasteiger partial charge in [-0.3, -0.25) is 24.1 Å². The predicted molar refractivity (Wildman–Crippen MR) is 130 cm³/mol. The topological polar surface area (TPSA) is 145 Å². The number of rotatable bonds is 7. The first-order valence-electron chi connectivity index (χ1n) is 11.2. The average Bonchev–Trinajstić information content (AvgIpc) is 2.87. The lowest BCUT2D eigenvalue weighted by atomic mass is 10.2. The zero-order valence-electron chi connectivity index (χ0n) is 19.6. The summed E-state index contributed by atoms with van der Waals surface area (Å²) in [7, 11) is 0. The Hall–Kier alpha value is -4.69. The van der Waals surface area contributed by atoms with Gasteiger partial charge >= 0.3 is 0 Å². The molecule has 0 atom stereocenters. The van der Waals surface area contributed by atoms with E-state index in [1.807, 2.05) is 19.9 Å². The van der Waals surface area contributed by atoms with Crippen molar-refractivity contribution in [3.63, 3.8) is 0 Å². The van der Waals surface area contributed by atoms with Gasteiger partial charge in [0.05, 0.1) is 22.0 Å². The molecule has 0 unspecified atom stereocenters. The van der Waals surface area contributed by atoms with Crippen molar-refractivity contribution in [1.29, 1.82) is 5.26 Å². The molecule has 1 amide bonds. The molecule has 0 saturated carbocycles. The molecule has 0 aliphatic heterocycles. The first kappa shape index (κ1) is 24.4. The number of aromatic nitrogens is 3. The van der Waals surface area contributed by atoms with Gasteiger partial charge in [-0.05, 0) is 44.5 Å². The first-order valence-corrected chi connectivity index (χ1v) is 11.2. The lowest BCUT2D eigenvalue weighted by Gasteiger charge is -2.14. The zero-order chi connectivity index (χ0) is 25.8. The summed E-state index contributed by atoms with van der Waals surface area (Å²) in [5.41, 5.74) is 0.0439. The van der Waals surface area contributed by atoms with Gasteiger partial charge in [0.1, 0.15) is 17.4 Å². The second-order valence-electron chi connectivity index (χ2n) is 8.23. The number of nitro groups is 1. The summed E-state index contributed by atoms with van der Waals surface area (Å²) in [5, 5.41) is 21.2. The van der Waals surface area contributed by atoms with Crippen LogP contribution in [0.1, 0.15) is 36.2 Å². The molecule has 0 aliphatic rings. The Morgan fingerprint density at radius 2 is 2.06 bits per heavy atom. The molecule has 0 fully saturated rings. The third-order valence-corrected chi connectivity index (χ3v) is 5.40. The first-order chi connectivity index (χ1) is 17.3. The maximum Gasteiger partial charge on any atom is 0.279 e. The number of pyridine rings is 2. The van der Waals surface area contributed by atoms with E-state index in [0.29, 0.717) is 18.7 Å². The second-order valence-corrected chi connectivity index (χ2v) is 8.23. The Labute approximate surface area is 204 Å². The third kappa shape index (κ3) is 4.89. The molecular formula is C25H22N6O5. The number of aryl methyl sites for hydroxylation is 1. The molecule has 0 aliphatic carbocycles. The summed E-state index contributed by atoms with van der Waals surface area (Å²) in [6, 6.07) is 13.7. The standard InChI is InChI=1S/C25H22N6O5/c1-16(2)36-12-6-11-30-22(28-24(32)17-7-5-8-19(13-17)31(34)35)18(15-26)14-20-23(30)27-21-9-3-4-10-29(21)25(20)33/h3-5,7-10,13-14,16H,6,11-12H2,1-2H3. The van der Waals surface area contributed by atoms with Crippen molar-refractivity contribution in [1.82, 2.24) is 14.0 Å². The van der Waals surface area contributed by atoms with Crippen LogP contribution in [0.4, 0.5) is 5.69 Å². The van der Waals surface area contributed by atoms with Gasteiger partial charge in [-0.2, -0.15) is 10.3 Å². The molecule has 0 radical (unpaired) electrons. The Morgan fingerprint density at radius 1 is 1.25 bits per heavy atom. The minimum absolute atomic E-state index is 0.000778. The van der Waals surface area contributed by atoms with Crippen LogP contribution in [-0.4, -0.2) is 37.5 Å². The van der Waals surface area contributed by atoms with Crippen molar-refractivity contribution in [3.8, 4) is 6.07 Å². The van der Waals surface area contributed by atoms with Crippen molar-refractivity contribution in [2.24, 2.45) is 4.99 Å². The number of ether oxygens (including phenoxy) is 1. The maximum absolute atomic E-state index is 13.2. The second kappa shape index (κ2) is 10.3. The van der Waals surface area contributed by atoms with Gasteiger partial charge < -0.3 is 9.30 Å². The molecule has 11 nitrogen and oxygen atoms in total. The van der Waals surface area contributed by atoms with Gasteiger partial charge in [0.25, 0.3) is 17.2 Å². The van der Waals surface area contributed by atoms with E-state index in [0.717, 1.165) is 6.07 Å². The highest BCUT2D eigenvalue weighted by Crippen LogP contribution is 2.15. The SMILES string of the molecule is CC(C)OCCCn1c(=NC(=O)c2cccc([N+](=O)[O-])c2)c(C#N)cc2c(=O)n3ccccc3nc21. The molecule has 4 aromatic rings. The Bertz CT molecular complexity index is 1660. The predicted octanol–water partition coefficient (Wildman–Crippen LogP) is 2.99. The highest BCUT2D eigenvalue weighted by atomic mass is 16.6. The monoisotopic (exact) mass is 486 g/mol. The molecule has 4 rings (SSSR count). The average molecular weight is 486 g/mol. The molecule has 36 heavy (non-hydrogen) atoms. The third-order valence-electron chi connectivity index (χ3n) is 5.40. The van der Waals surface area contributed by atoms with Gasteiger partial charge in [-0.25, -0.2) is 4.98 Å². The van der Waals surface area contributed by atoms with E-state index >= 15 is 0 Å². The number of non-ortho nitro benzene ring substituents is 1. The smallest absolute Gasteiger partial charge is 0.279 e. The molecule has 0 spiro atoms. The largest absolute Gasteiger partial charge is 0.379 e. The van der Waals surface area contributed by atoms with Gasteiger partial charge in [0.15, 0.2) is 5.49 Å². The van der Waals surface area contributed by atoms with Gasteiger partial charge in [0, 0.05) is 37.0 Å². The highest BCUT2D eigenvalue weighted by Gasteiger charge is 2.16. The number of benzene rings is 1.